The Morgan fingerprint density at radius 3 is 2.94 bits per heavy atom. The van der Waals surface area contributed by atoms with Gasteiger partial charge in [-0.3, -0.25) is 0 Å². The van der Waals surface area contributed by atoms with Crippen LogP contribution in [0.15, 0.2) is 15.7 Å². The topological polar surface area (TPSA) is 102 Å². The third kappa shape index (κ3) is 2.96. The molecule has 1 unspecified atom stereocenters. The van der Waals surface area contributed by atoms with Crippen LogP contribution in [0, 0.1) is 0 Å². The molecule has 0 amide bonds. The Kier molecular flexibility index (Phi) is 3.41. The molecule has 1 aromatic rings. The lowest BCUT2D eigenvalue weighted by atomic mass is 10.1. The number of thiophene rings is 1. The lowest BCUT2D eigenvalue weighted by Crippen LogP contribution is -2.43. The van der Waals surface area contributed by atoms with Gasteiger partial charge in [-0.15, -0.1) is 11.3 Å². The van der Waals surface area contributed by atoms with E-state index in [1.807, 2.05) is 0 Å². The molecule has 0 aliphatic carbocycles. The predicted octanol–water partition coefficient (Wildman–Crippen LogP) is -0.240. The second-order valence-electron chi connectivity index (χ2n) is 4.05. The summed E-state index contributed by atoms with van der Waals surface area (Å²) >= 11 is 1.05. The molecule has 17 heavy (non-hydrogen) atoms. The highest BCUT2D eigenvalue weighted by Crippen LogP contribution is 2.23. The van der Waals surface area contributed by atoms with Crippen molar-refractivity contribution < 1.29 is 18.3 Å². The van der Waals surface area contributed by atoms with Gasteiger partial charge in [0.2, 0.25) is 10.0 Å². The Bertz CT molecular complexity index is 491. The SMILES string of the molecule is Nc1csc(S(=O)(=O)NCC2(O)CCOC2)c1. The number of sulfonamides is 1. The Hall–Kier alpha value is -0.670. The standard InChI is InChI=1S/C9H14N2O4S2/c10-7-3-8(16-4-7)17(13,14)11-5-9(12)1-2-15-6-9/h3-4,11-12H,1-2,5-6,10H2. The normalized spacial score (nSPS) is 25.2. The molecule has 0 aromatic carbocycles. The number of aliphatic hydroxyl groups is 1. The Labute approximate surface area is 103 Å². The molecule has 1 aliphatic heterocycles. The highest BCUT2D eigenvalue weighted by Gasteiger charge is 2.33. The molecule has 6 nitrogen and oxygen atoms in total. The van der Waals surface area contributed by atoms with Crippen LogP contribution in [0.25, 0.3) is 0 Å². The van der Waals surface area contributed by atoms with Crippen LogP contribution in [-0.2, 0) is 14.8 Å². The van der Waals surface area contributed by atoms with E-state index in [2.05, 4.69) is 4.72 Å². The van der Waals surface area contributed by atoms with Crippen molar-refractivity contribution in [3.8, 4) is 0 Å². The maximum atomic E-state index is 11.8. The third-order valence-electron chi connectivity index (χ3n) is 2.53. The molecule has 0 bridgehead atoms. The highest BCUT2D eigenvalue weighted by atomic mass is 32.2. The van der Waals surface area contributed by atoms with Gasteiger partial charge in [-0.2, -0.15) is 0 Å². The Morgan fingerprint density at radius 2 is 2.41 bits per heavy atom. The molecule has 1 aliphatic rings. The number of hydrogen-bond donors (Lipinski definition) is 3. The highest BCUT2D eigenvalue weighted by molar-refractivity contribution is 7.91. The zero-order chi connectivity index (χ0) is 12.5. The summed E-state index contributed by atoms with van der Waals surface area (Å²) in [6.07, 6.45) is 0.433. The molecule has 0 spiro atoms. The van der Waals surface area contributed by atoms with Gasteiger partial charge in [-0.25, -0.2) is 13.1 Å². The molecule has 1 atom stereocenters. The number of nitrogen functional groups attached to an aromatic ring is 1. The summed E-state index contributed by atoms with van der Waals surface area (Å²) < 4.78 is 31.2. The van der Waals surface area contributed by atoms with E-state index in [4.69, 9.17) is 10.5 Å². The van der Waals surface area contributed by atoms with E-state index in [1.165, 1.54) is 6.07 Å². The molecule has 0 saturated carbocycles. The van der Waals surface area contributed by atoms with Gasteiger partial charge in [0.15, 0.2) is 0 Å². The van der Waals surface area contributed by atoms with Gasteiger partial charge in [0.05, 0.1) is 6.61 Å². The first-order valence-electron chi connectivity index (χ1n) is 5.05. The first-order valence-corrected chi connectivity index (χ1v) is 7.41. The van der Waals surface area contributed by atoms with Gasteiger partial charge in [-0.1, -0.05) is 0 Å². The van der Waals surface area contributed by atoms with E-state index in [9.17, 15) is 13.5 Å². The summed E-state index contributed by atoms with van der Waals surface area (Å²) in [4.78, 5) is 0. The first-order chi connectivity index (χ1) is 7.91. The van der Waals surface area contributed by atoms with Gasteiger partial charge in [0, 0.05) is 30.6 Å². The van der Waals surface area contributed by atoms with E-state index in [0.717, 1.165) is 11.3 Å². The number of anilines is 1. The zero-order valence-corrected chi connectivity index (χ0v) is 10.7. The van der Waals surface area contributed by atoms with Crippen molar-refractivity contribution in [3.63, 3.8) is 0 Å². The molecule has 8 heteroatoms. The molecule has 2 rings (SSSR count). The Morgan fingerprint density at radius 1 is 1.65 bits per heavy atom. The van der Waals surface area contributed by atoms with Gasteiger partial charge < -0.3 is 15.6 Å². The molecule has 2 heterocycles. The summed E-state index contributed by atoms with van der Waals surface area (Å²) in [5.41, 5.74) is 4.78. The predicted molar refractivity (Wildman–Crippen MR) is 64.3 cm³/mol. The van der Waals surface area contributed by atoms with Crippen molar-refractivity contribution in [2.24, 2.45) is 0 Å². The number of ether oxygens (including phenoxy) is 1. The fourth-order valence-electron chi connectivity index (χ4n) is 1.51. The molecule has 4 N–H and O–H groups in total. The summed E-state index contributed by atoms with van der Waals surface area (Å²) in [7, 11) is -3.59. The molecule has 1 fully saturated rings. The lowest BCUT2D eigenvalue weighted by Gasteiger charge is -2.20. The number of rotatable bonds is 4. The van der Waals surface area contributed by atoms with Crippen LogP contribution in [0.2, 0.25) is 0 Å². The van der Waals surface area contributed by atoms with Crippen molar-refractivity contribution in [3.05, 3.63) is 11.4 Å². The molecule has 1 aromatic heterocycles. The molecular weight excluding hydrogens is 264 g/mol. The van der Waals surface area contributed by atoms with E-state index in [1.54, 1.807) is 5.38 Å². The first kappa shape index (κ1) is 12.8. The van der Waals surface area contributed by atoms with Crippen molar-refractivity contribution >= 4 is 27.0 Å². The average Bonchev–Trinajstić information content (AvgIpc) is 2.86. The number of nitrogens with two attached hydrogens (primary N) is 1. The monoisotopic (exact) mass is 278 g/mol. The van der Waals surface area contributed by atoms with Crippen LogP contribution in [0.4, 0.5) is 5.69 Å². The van der Waals surface area contributed by atoms with Crippen molar-refractivity contribution in [2.75, 3.05) is 25.5 Å². The molecule has 96 valence electrons. The lowest BCUT2D eigenvalue weighted by molar-refractivity contribution is 0.0315. The smallest absolute Gasteiger partial charge is 0.250 e. The Balaban J connectivity index is 2.03. The maximum absolute atomic E-state index is 11.8. The number of nitrogens with one attached hydrogen (secondary N) is 1. The zero-order valence-electron chi connectivity index (χ0n) is 9.05. The average molecular weight is 278 g/mol. The quantitative estimate of drug-likeness (QED) is 0.705. The molecule has 0 radical (unpaired) electrons. The van der Waals surface area contributed by atoms with E-state index in [0.29, 0.717) is 18.7 Å². The van der Waals surface area contributed by atoms with E-state index in [-0.39, 0.29) is 17.4 Å². The van der Waals surface area contributed by atoms with Crippen LogP contribution in [0.5, 0.6) is 0 Å². The van der Waals surface area contributed by atoms with Gasteiger partial charge in [0.1, 0.15) is 9.81 Å². The summed E-state index contributed by atoms with van der Waals surface area (Å²) in [6, 6.07) is 1.39. The minimum absolute atomic E-state index is 0.0485. The van der Waals surface area contributed by atoms with Gasteiger partial charge >= 0.3 is 0 Å². The maximum Gasteiger partial charge on any atom is 0.250 e. The fraction of sp³-hybridized carbons (Fsp3) is 0.556. The van der Waals surface area contributed by atoms with Crippen LogP contribution in [0.1, 0.15) is 6.42 Å². The minimum atomic E-state index is -3.59. The number of hydrogen-bond acceptors (Lipinski definition) is 6. The fourth-order valence-corrected chi connectivity index (χ4v) is 3.75. The van der Waals surface area contributed by atoms with E-state index >= 15 is 0 Å². The second kappa shape index (κ2) is 4.54. The largest absolute Gasteiger partial charge is 0.398 e. The summed E-state index contributed by atoms with van der Waals surface area (Å²) in [5, 5.41) is 11.5. The van der Waals surface area contributed by atoms with Crippen molar-refractivity contribution in [1.29, 1.82) is 0 Å². The van der Waals surface area contributed by atoms with Crippen molar-refractivity contribution in [2.45, 2.75) is 16.2 Å². The molecule has 1 saturated heterocycles. The van der Waals surface area contributed by atoms with Gasteiger partial charge in [0.25, 0.3) is 0 Å². The minimum Gasteiger partial charge on any atom is -0.398 e. The summed E-state index contributed by atoms with van der Waals surface area (Å²) in [6.45, 7) is 0.555. The van der Waals surface area contributed by atoms with Crippen molar-refractivity contribution in [1.82, 2.24) is 4.72 Å². The van der Waals surface area contributed by atoms with E-state index < -0.39 is 15.6 Å². The third-order valence-corrected chi connectivity index (χ3v) is 5.39. The summed E-state index contributed by atoms with van der Waals surface area (Å²) in [5.74, 6) is 0. The van der Waals surface area contributed by atoms with Gasteiger partial charge in [-0.05, 0) is 6.07 Å². The molecular formula is C9H14N2O4S2. The van der Waals surface area contributed by atoms with Crippen LogP contribution in [0.3, 0.4) is 0 Å². The van der Waals surface area contributed by atoms with Crippen LogP contribution < -0.4 is 10.5 Å². The second-order valence-corrected chi connectivity index (χ2v) is 6.96. The van der Waals surface area contributed by atoms with Crippen LogP contribution in [-0.4, -0.2) is 38.9 Å². The van der Waals surface area contributed by atoms with Crippen LogP contribution >= 0.6 is 11.3 Å².